The number of thioether (sulfide) groups is 1. The average Bonchev–Trinajstić information content (AvgIpc) is 3.21. The van der Waals surface area contributed by atoms with Crippen molar-refractivity contribution in [3.63, 3.8) is 0 Å². The van der Waals surface area contributed by atoms with Crippen LogP contribution in [-0.2, 0) is 27.4 Å². The van der Waals surface area contributed by atoms with Gasteiger partial charge in [0.25, 0.3) is 0 Å². The molecule has 0 bridgehead atoms. The van der Waals surface area contributed by atoms with Gasteiger partial charge in [-0.25, -0.2) is 0 Å². The van der Waals surface area contributed by atoms with Gasteiger partial charge in [-0.1, -0.05) is 175 Å². The maximum Gasteiger partial charge on any atom is 0.220 e. The lowest BCUT2D eigenvalue weighted by atomic mass is 9.84. The Bertz CT molecular complexity index is 1630. The number of carbonyl (C=O) groups excluding carboxylic acids is 1. The van der Waals surface area contributed by atoms with Gasteiger partial charge in [-0.2, -0.15) is 0 Å². The third kappa shape index (κ3) is 13.3. The summed E-state index contributed by atoms with van der Waals surface area (Å²) in [7, 11) is 0. The van der Waals surface area contributed by atoms with Crippen LogP contribution in [0.2, 0.25) is 0 Å². The van der Waals surface area contributed by atoms with E-state index in [4.69, 9.17) is 15.2 Å². The zero-order valence-corrected chi connectivity index (χ0v) is 33.1. The number of para-hydroxylation sites is 1. The Morgan fingerprint density at radius 2 is 1.24 bits per heavy atom. The molecule has 6 nitrogen and oxygen atoms in total. The number of rotatable bonds is 23. The van der Waals surface area contributed by atoms with Crippen LogP contribution in [0.15, 0.2) is 108 Å². The van der Waals surface area contributed by atoms with Gasteiger partial charge < -0.3 is 25.6 Å². The van der Waals surface area contributed by atoms with E-state index in [1.165, 1.54) is 70.6 Å². The molecule has 1 aliphatic heterocycles. The summed E-state index contributed by atoms with van der Waals surface area (Å²) in [4.78, 5) is 13.7. The summed E-state index contributed by atoms with van der Waals surface area (Å²) >= 11 is 1.70. The summed E-state index contributed by atoms with van der Waals surface area (Å²) in [5.41, 5.74) is 12.1. The molecule has 4 atom stereocenters. The molecule has 1 heterocycles. The van der Waals surface area contributed by atoms with Crippen LogP contribution in [0.25, 0.3) is 0 Å². The van der Waals surface area contributed by atoms with E-state index in [-0.39, 0.29) is 30.6 Å². The van der Waals surface area contributed by atoms with Gasteiger partial charge in [-0.3, -0.25) is 4.79 Å². The largest absolute Gasteiger partial charge is 0.398 e. The lowest BCUT2D eigenvalue weighted by Crippen LogP contribution is -2.38. The second kappa shape index (κ2) is 23.3. The lowest BCUT2D eigenvalue weighted by Gasteiger charge is -2.43. The molecule has 290 valence electrons. The van der Waals surface area contributed by atoms with Crippen LogP contribution in [0.3, 0.4) is 0 Å². The number of ether oxygens (including phenoxy) is 2. The van der Waals surface area contributed by atoms with Gasteiger partial charge in [0.1, 0.15) is 0 Å². The van der Waals surface area contributed by atoms with Gasteiger partial charge in [0, 0.05) is 40.8 Å². The maximum absolute atomic E-state index is 12.6. The summed E-state index contributed by atoms with van der Waals surface area (Å²) in [5.74, 6) is 0.717. The summed E-state index contributed by atoms with van der Waals surface area (Å²) in [6, 6.07) is 34.6. The number of carbonyl (C=O) groups is 1. The Balaban J connectivity index is 1.15. The normalized spacial score (nSPS) is 18.4. The molecule has 1 amide bonds. The first-order valence-corrected chi connectivity index (χ1v) is 21.4. The highest BCUT2D eigenvalue weighted by atomic mass is 32.2. The number of nitrogens with two attached hydrogens (primary N) is 1. The predicted molar refractivity (Wildman–Crippen MR) is 223 cm³/mol. The summed E-state index contributed by atoms with van der Waals surface area (Å²) in [5, 5.41) is 12.8. The van der Waals surface area contributed by atoms with E-state index in [2.05, 4.69) is 66.8 Å². The van der Waals surface area contributed by atoms with Crippen LogP contribution in [-0.4, -0.2) is 22.9 Å². The number of benzene rings is 4. The summed E-state index contributed by atoms with van der Waals surface area (Å²) in [6.07, 6.45) is 16.4. The Morgan fingerprint density at radius 3 is 1.87 bits per heavy atom. The second-order valence-corrected chi connectivity index (χ2v) is 15.8. The lowest BCUT2D eigenvalue weighted by molar-refractivity contribution is -0.255. The number of aliphatic hydroxyl groups is 1. The molecule has 0 saturated carbocycles. The van der Waals surface area contributed by atoms with E-state index in [9.17, 15) is 9.90 Å². The zero-order valence-electron chi connectivity index (χ0n) is 32.3. The monoisotopic (exact) mass is 750 g/mol. The molecule has 1 fully saturated rings. The van der Waals surface area contributed by atoms with E-state index in [0.717, 1.165) is 51.2 Å². The van der Waals surface area contributed by atoms with Crippen LogP contribution in [0.5, 0.6) is 0 Å². The fraction of sp³-hybridized carbons (Fsp3) is 0.468. The number of nitrogen functional groups attached to an aromatic ring is 1. The summed E-state index contributed by atoms with van der Waals surface area (Å²) < 4.78 is 13.7. The van der Waals surface area contributed by atoms with Gasteiger partial charge in [-0.05, 0) is 40.8 Å². The van der Waals surface area contributed by atoms with E-state index in [1.54, 1.807) is 11.8 Å². The van der Waals surface area contributed by atoms with Crippen molar-refractivity contribution in [2.45, 2.75) is 139 Å². The minimum Gasteiger partial charge on any atom is -0.398 e. The molecule has 0 radical (unpaired) electrons. The molecular weight excluding hydrogens is 689 g/mol. The van der Waals surface area contributed by atoms with Crippen molar-refractivity contribution < 1.29 is 19.4 Å². The van der Waals surface area contributed by atoms with Crippen LogP contribution < -0.4 is 11.1 Å². The Kier molecular flexibility index (Phi) is 18.0. The van der Waals surface area contributed by atoms with Gasteiger partial charge >= 0.3 is 0 Å². The minimum atomic E-state index is -0.592. The highest BCUT2D eigenvalue weighted by Gasteiger charge is 2.42. The van der Waals surface area contributed by atoms with Gasteiger partial charge in [-0.15, -0.1) is 11.8 Å². The number of unbranched alkanes of at least 4 members (excludes halogenated alkanes) is 12. The molecule has 5 rings (SSSR count). The minimum absolute atomic E-state index is 0.0103. The smallest absolute Gasteiger partial charge is 0.220 e. The topological polar surface area (TPSA) is 93.8 Å². The molecule has 1 aliphatic rings. The third-order valence-corrected chi connectivity index (χ3v) is 11.7. The molecule has 0 spiro atoms. The highest BCUT2D eigenvalue weighted by Crippen LogP contribution is 2.48. The molecule has 54 heavy (non-hydrogen) atoms. The number of hydrogen-bond donors (Lipinski definition) is 3. The first-order valence-electron chi connectivity index (χ1n) is 20.4. The maximum atomic E-state index is 12.6. The predicted octanol–water partition coefficient (Wildman–Crippen LogP) is 11.6. The number of anilines is 1. The standard InChI is InChI=1S/C47H62N2O4S/c1-2-3-4-5-6-7-8-9-10-11-12-13-17-24-44(51)49-33-36-25-31-40(32-26-36)47-52-42(35-54-43-23-19-18-22-41(43)48)45(38-20-15-14-16-21-38)46(53-47)39-29-27-37(34-50)28-30-39/h14-16,18-23,25-32,42,45-47,50H,2-13,17,24,33-35,48H2,1H3,(H,49,51). The third-order valence-electron chi connectivity index (χ3n) is 10.5. The molecule has 0 aliphatic carbocycles. The fourth-order valence-electron chi connectivity index (χ4n) is 7.32. The van der Waals surface area contributed by atoms with Gasteiger partial charge in [0.15, 0.2) is 6.29 Å². The SMILES string of the molecule is CCCCCCCCCCCCCCCC(=O)NCc1ccc(C2OC(CSc3ccccc3N)C(c3ccccc3)C(c3ccc(CO)cc3)O2)cc1. The quantitative estimate of drug-likeness (QED) is 0.0397. The molecule has 7 heteroatoms. The van der Waals surface area contributed by atoms with Crippen LogP contribution in [0.1, 0.15) is 143 Å². The Labute approximate surface area is 328 Å². The van der Waals surface area contributed by atoms with Crippen molar-refractivity contribution in [1.82, 2.24) is 5.32 Å². The van der Waals surface area contributed by atoms with E-state index in [0.29, 0.717) is 18.7 Å². The zero-order chi connectivity index (χ0) is 37.8. The van der Waals surface area contributed by atoms with Crippen molar-refractivity contribution in [3.05, 3.63) is 131 Å². The van der Waals surface area contributed by atoms with E-state index in [1.807, 2.05) is 48.5 Å². The van der Waals surface area contributed by atoms with Crippen LogP contribution >= 0.6 is 11.8 Å². The van der Waals surface area contributed by atoms with Crippen molar-refractivity contribution in [2.24, 2.45) is 0 Å². The fourth-order valence-corrected chi connectivity index (χ4v) is 8.36. The number of nitrogens with one attached hydrogen (secondary N) is 1. The molecule has 4 aromatic carbocycles. The van der Waals surface area contributed by atoms with Gasteiger partial charge in [0.2, 0.25) is 5.91 Å². The molecule has 4 aromatic rings. The number of hydrogen-bond acceptors (Lipinski definition) is 6. The average molecular weight is 751 g/mol. The van der Waals surface area contributed by atoms with Crippen molar-refractivity contribution in [2.75, 3.05) is 11.5 Å². The molecule has 1 saturated heterocycles. The Hall–Kier alpha value is -3.62. The number of amides is 1. The molecule has 4 unspecified atom stereocenters. The van der Waals surface area contributed by atoms with Crippen LogP contribution in [0.4, 0.5) is 5.69 Å². The molecule has 4 N–H and O–H groups in total. The van der Waals surface area contributed by atoms with E-state index < -0.39 is 6.29 Å². The second-order valence-electron chi connectivity index (χ2n) is 14.8. The van der Waals surface area contributed by atoms with Crippen molar-refractivity contribution in [3.8, 4) is 0 Å². The van der Waals surface area contributed by atoms with Crippen molar-refractivity contribution >= 4 is 23.4 Å². The van der Waals surface area contributed by atoms with Gasteiger partial charge in [0.05, 0.1) is 18.8 Å². The first-order chi connectivity index (χ1) is 26.6. The number of aliphatic hydroxyl groups excluding tert-OH is 1. The first kappa shape index (κ1) is 41.5. The molecular formula is C47H62N2O4S. The highest BCUT2D eigenvalue weighted by molar-refractivity contribution is 7.99. The Morgan fingerprint density at radius 1 is 0.667 bits per heavy atom. The molecule has 0 aromatic heterocycles. The van der Waals surface area contributed by atoms with Crippen LogP contribution in [0, 0.1) is 0 Å². The van der Waals surface area contributed by atoms with Crippen molar-refractivity contribution in [1.29, 1.82) is 0 Å². The van der Waals surface area contributed by atoms with E-state index >= 15 is 0 Å². The summed E-state index contributed by atoms with van der Waals surface area (Å²) in [6.45, 7) is 2.76.